The van der Waals surface area contributed by atoms with E-state index in [1.807, 2.05) is 0 Å². The highest BCUT2D eigenvalue weighted by molar-refractivity contribution is 6.88. The van der Waals surface area contributed by atoms with Crippen LogP contribution in [-0.2, 0) is 6.54 Å². The first-order valence-electron chi connectivity index (χ1n) is 6.76. The average molecular weight is 264 g/mol. The van der Waals surface area contributed by atoms with Gasteiger partial charge in [-0.15, -0.1) is 0 Å². The fourth-order valence-electron chi connectivity index (χ4n) is 2.03. The molecule has 1 atom stereocenters. The number of likely N-dealkylation sites (N-methyl/N-ethyl adjacent to an activating group) is 1. The SMILES string of the molecule is CC(CN(C)C)NCc1ccc([Si](C)(C)C)cc1. The molecule has 3 heteroatoms. The minimum atomic E-state index is -1.15. The lowest BCUT2D eigenvalue weighted by atomic mass is 10.2. The second kappa shape index (κ2) is 6.50. The molecule has 0 saturated heterocycles. The summed E-state index contributed by atoms with van der Waals surface area (Å²) in [4.78, 5) is 2.21. The van der Waals surface area contributed by atoms with Gasteiger partial charge in [-0.1, -0.05) is 49.1 Å². The Bertz CT molecular complexity index is 352. The quantitative estimate of drug-likeness (QED) is 0.793. The zero-order valence-corrected chi connectivity index (χ0v) is 13.7. The van der Waals surface area contributed by atoms with E-state index in [1.54, 1.807) is 0 Å². The summed E-state index contributed by atoms with van der Waals surface area (Å²) in [6.07, 6.45) is 0. The van der Waals surface area contributed by atoms with Gasteiger partial charge in [0.25, 0.3) is 0 Å². The second-order valence-electron chi connectivity index (χ2n) is 6.49. The molecule has 1 aromatic rings. The Labute approximate surface area is 113 Å². The van der Waals surface area contributed by atoms with Crippen molar-refractivity contribution in [2.24, 2.45) is 0 Å². The molecule has 0 heterocycles. The van der Waals surface area contributed by atoms with E-state index >= 15 is 0 Å². The third-order valence-electron chi connectivity index (χ3n) is 3.11. The Kier molecular flexibility index (Phi) is 5.57. The van der Waals surface area contributed by atoms with Gasteiger partial charge in [0, 0.05) is 19.1 Å². The van der Waals surface area contributed by atoms with Gasteiger partial charge in [-0.3, -0.25) is 0 Å². The number of hydrogen-bond donors (Lipinski definition) is 1. The molecule has 0 saturated carbocycles. The van der Waals surface area contributed by atoms with Crippen LogP contribution in [0, 0.1) is 0 Å². The van der Waals surface area contributed by atoms with Gasteiger partial charge < -0.3 is 10.2 Å². The van der Waals surface area contributed by atoms with Gasteiger partial charge >= 0.3 is 0 Å². The van der Waals surface area contributed by atoms with Crippen LogP contribution in [0.4, 0.5) is 0 Å². The summed E-state index contributed by atoms with van der Waals surface area (Å²) in [7, 11) is 3.07. The van der Waals surface area contributed by atoms with E-state index in [2.05, 4.69) is 75.1 Å². The van der Waals surface area contributed by atoms with E-state index in [-0.39, 0.29) is 0 Å². The first kappa shape index (κ1) is 15.4. The van der Waals surface area contributed by atoms with Crippen LogP contribution < -0.4 is 10.5 Å². The van der Waals surface area contributed by atoms with Gasteiger partial charge in [-0.2, -0.15) is 0 Å². The Balaban J connectivity index is 2.49. The standard InChI is InChI=1S/C15H28N2Si/c1-13(12-17(2)3)16-11-14-7-9-15(10-8-14)18(4,5)6/h7-10,13,16H,11-12H2,1-6H3. The summed E-state index contributed by atoms with van der Waals surface area (Å²) in [5, 5.41) is 5.09. The van der Waals surface area contributed by atoms with E-state index in [1.165, 1.54) is 10.8 Å². The first-order valence-corrected chi connectivity index (χ1v) is 10.3. The largest absolute Gasteiger partial charge is 0.309 e. The van der Waals surface area contributed by atoms with Crippen molar-refractivity contribution in [2.75, 3.05) is 20.6 Å². The van der Waals surface area contributed by atoms with Gasteiger partial charge in [0.1, 0.15) is 0 Å². The molecule has 1 unspecified atom stereocenters. The molecule has 0 amide bonds. The van der Waals surface area contributed by atoms with Gasteiger partial charge in [-0.05, 0) is 26.6 Å². The Morgan fingerprint density at radius 2 is 1.67 bits per heavy atom. The van der Waals surface area contributed by atoms with E-state index < -0.39 is 8.07 Å². The first-order chi connectivity index (χ1) is 8.29. The molecule has 0 aliphatic rings. The minimum Gasteiger partial charge on any atom is -0.309 e. The van der Waals surface area contributed by atoms with E-state index in [0.29, 0.717) is 6.04 Å². The van der Waals surface area contributed by atoms with E-state index in [9.17, 15) is 0 Å². The molecule has 0 aliphatic carbocycles. The Hall–Kier alpha value is -0.643. The minimum absolute atomic E-state index is 0.525. The van der Waals surface area contributed by atoms with Gasteiger partial charge in [0.05, 0.1) is 8.07 Å². The number of nitrogens with one attached hydrogen (secondary N) is 1. The van der Waals surface area contributed by atoms with Gasteiger partial charge in [0.15, 0.2) is 0 Å². The van der Waals surface area contributed by atoms with Crippen LogP contribution in [-0.4, -0.2) is 39.7 Å². The van der Waals surface area contributed by atoms with E-state index in [0.717, 1.165) is 13.1 Å². The van der Waals surface area contributed by atoms with Crippen LogP contribution in [0.5, 0.6) is 0 Å². The third kappa shape index (κ3) is 5.34. The molecule has 1 aromatic carbocycles. The van der Waals surface area contributed by atoms with E-state index in [4.69, 9.17) is 0 Å². The average Bonchev–Trinajstić information content (AvgIpc) is 2.25. The number of hydrogen-bond acceptors (Lipinski definition) is 2. The van der Waals surface area contributed by atoms with Crippen molar-refractivity contribution in [3.8, 4) is 0 Å². The zero-order valence-electron chi connectivity index (χ0n) is 12.7. The molecule has 0 aliphatic heterocycles. The molecule has 0 fully saturated rings. The van der Waals surface area contributed by atoms with Crippen LogP contribution in [0.1, 0.15) is 12.5 Å². The van der Waals surface area contributed by atoms with Crippen molar-refractivity contribution >= 4 is 13.3 Å². The normalized spacial score (nSPS) is 13.9. The van der Waals surface area contributed by atoms with Crippen molar-refractivity contribution in [3.05, 3.63) is 29.8 Å². The van der Waals surface area contributed by atoms with Crippen molar-refractivity contribution in [1.29, 1.82) is 0 Å². The highest BCUT2D eigenvalue weighted by atomic mass is 28.3. The molecule has 102 valence electrons. The monoisotopic (exact) mass is 264 g/mol. The van der Waals surface area contributed by atoms with Crippen LogP contribution in [0.3, 0.4) is 0 Å². The molecule has 0 radical (unpaired) electrons. The van der Waals surface area contributed by atoms with Crippen molar-refractivity contribution in [3.63, 3.8) is 0 Å². The summed E-state index contributed by atoms with van der Waals surface area (Å²) in [6.45, 7) is 11.4. The van der Waals surface area contributed by atoms with Crippen LogP contribution in [0.2, 0.25) is 19.6 Å². The molecule has 1 rings (SSSR count). The van der Waals surface area contributed by atoms with Crippen molar-refractivity contribution in [2.45, 2.75) is 39.2 Å². The highest BCUT2D eigenvalue weighted by Crippen LogP contribution is 2.04. The molecule has 0 bridgehead atoms. The van der Waals surface area contributed by atoms with Crippen LogP contribution in [0.15, 0.2) is 24.3 Å². The topological polar surface area (TPSA) is 15.3 Å². The molecule has 18 heavy (non-hydrogen) atoms. The summed E-state index contributed by atoms with van der Waals surface area (Å²) in [5.41, 5.74) is 1.38. The summed E-state index contributed by atoms with van der Waals surface area (Å²) in [5.74, 6) is 0. The van der Waals surface area contributed by atoms with Crippen molar-refractivity contribution in [1.82, 2.24) is 10.2 Å². The third-order valence-corrected chi connectivity index (χ3v) is 5.18. The lowest BCUT2D eigenvalue weighted by molar-refractivity contribution is 0.349. The molecule has 0 aromatic heterocycles. The molecular weight excluding hydrogens is 236 g/mol. The summed E-state index contributed by atoms with van der Waals surface area (Å²) < 4.78 is 0. The van der Waals surface area contributed by atoms with Gasteiger partial charge in [-0.25, -0.2) is 0 Å². The highest BCUT2D eigenvalue weighted by Gasteiger charge is 2.15. The van der Waals surface area contributed by atoms with Crippen molar-refractivity contribution < 1.29 is 0 Å². The fourth-order valence-corrected chi connectivity index (χ4v) is 3.19. The molecular formula is C15H28N2Si. The van der Waals surface area contributed by atoms with Crippen LogP contribution >= 0.6 is 0 Å². The number of rotatable bonds is 6. The zero-order chi connectivity index (χ0) is 13.8. The predicted molar refractivity (Wildman–Crippen MR) is 84.3 cm³/mol. The summed E-state index contributed by atoms with van der Waals surface area (Å²) >= 11 is 0. The summed E-state index contributed by atoms with van der Waals surface area (Å²) in [6, 6.07) is 9.67. The molecule has 0 spiro atoms. The maximum absolute atomic E-state index is 3.56. The van der Waals surface area contributed by atoms with Gasteiger partial charge in [0.2, 0.25) is 0 Å². The number of nitrogens with zero attached hydrogens (tertiary/aromatic N) is 1. The maximum atomic E-state index is 3.56. The molecule has 1 N–H and O–H groups in total. The maximum Gasteiger partial charge on any atom is 0.0775 e. The lowest BCUT2D eigenvalue weighted by Gasteiger charge is -2.19. The predicted octanol–water partition coefficient (Wildman–Crippen LogP) is 2.27. The fraction of sp³-hybridized carbons (Fsp3) is 0.600. The Morgan fingerprint density at radius 3 is 2.11 bits per heavy atom. The Morgan fingerprint density at radius 1 is 1.11 bits per heavy atom. The second-order valence-corrected chi connectivity index (χ2v) is 11.6. The smallest absolute Gasteiger partial charge is 0.0775 e. The van der Waals surface area contributed by atoms with Crippen LogP contribution in [0.25, 0.3) is 0 Å². The lowest BCUT2D eigenvalue weighted by Crippen LogP contribution is -2.37. The molecule has 2 nitrogen and oxygen atoms in total. The number of benzene rings is 1.